The van der Waals surface area contributed by atoms with E-state index in [1.807, 2.05) is 29.2 Å². The summed E-state index contributed by atoms with van der Waals surface area (Å²) in [6.07, 6.45) is 4.40. The van der Waals surface area contributed by atoms with Gasteiger partial charge in [0, 0.05) is 76.4 Å². The molecule has 0 unspecified atom stereocenters. The molecule has 2 aromatic carbocycles. The Morgan fingerprint density at radius 3 is 2.29 bits per heavy atom. The highest BCUT2D eigenvalue weighted by molar-refractivity contribution is 6.34. The third kappa shape index (κ3) is 8.49. The van der Waals surface area contributed by atoms with E-state index in [-0.39, 0.29) is 48.0 Å². The molecule has 4 aliphatic rings. The predicted octanol–water partition coefficient (Wildman–Crippen LogP) is 2.97. The zero-order valence-corrected chi connectivity index (χ0v) is 28.0. The average molecular weight is 672 g/mol. The van der Waals surface area contributed by atoms with Gasteiger partial charge in [-0.3, -0.25) is 14.5 Å². The van der Waals surface area contributed by atoms with E-state index in [0.29, 0.717) is 70.3 Å². The molecular weight excluding hydrogens is 625 g/mol. The molecule has 3 heterocycles. The first-order valence-electron chi connectivity index (χ1n) is 17.6. The lowest BCUT2D eigenvalue weighted by Gasteiger charge is -2.42. The minimum Gasteiger partial charge on any atom is -0.509 e. The van der Waals surface area contributed by atoms with Crippen LogP contribution in [0.5, 0.6) is 5.75 Å². The number of carboxylic acids is 1. The molecule has 3 N–H and O–H groups in total. The molecule has 2 aromatic rings. The number of benzene rings is 2. The van der Waals surface area contributed by atoms with Crippen molar-refractivity contribution in [3.63, 3.8) is 0 Å². The fourth-order valence-electron chi connectivity index (χ4n) is 7.89. The quantitative estimate of drug-likeness (QED) is 0.364. The van der Waals surface area contributed by atoms with Crippen LogP contribution in [-0.4, -0.2) is 126 Å². The summed E-state index contributed by atoms with van der Waals surface area (Å²) in [4.78, 5) is 59.3. The third-order valence-corrected chi connectivity index (χ3v) is 10.8. The Morgan fingerprint density at radius 1 is 0.878 bits per heavy atom. The number of hydrogen-bond acceptors (Lipinski definition) is 7. The number of carbonyl (C=O) groups is 4. The first kappa shape index (κ1) is 34.6. The number of carbonyl (C=O) groups excluding carboxylic acids is 3. The number of anilines is 1. The van der Waals surface area contributed by atoms with Gasteiger partial charge in [-0.2, -0.15) is 0 Å². The number of aliphatic carboxylic acids is 1. The van der Waals surface area contributed by atoms with Crippen molar-refractivity contribution in [1.82, 2.24) is 19.6 Å². The van der Waals surface area contributed by atoms with Gasteiger partial charge in [-0.05, 0) is 74.1 Å². The molecule has 4 amide bonds. The monoisotopic (exact) mass is 671 g/mol. The maximum absolute atomic E-state index is 13.9. The standard InChI is InChI=1S/C36H46BN5O7/c37-29-21-25(7-10-31(29)43)22-32(34(46)40-19-17-39(18-20-40)27-8-5-24(6-9-27)23-33(44)45)49-36(48)41-14-12-28(13-15-41)42-16-11-26-3-1-2-4-30(26)38-35(42)47/h1-4,7,10,21,24,27-28,32,43H,5-6,8-9,11-20,22-23H2,(H,38,47)(H,44,45)/t24?,27?,32-/m1/s1. The number of phenols is 1. The van der Waals surface area contributed by atoms with E-state index in [1.165, 1.54) is 6.07 Å². The number of amides is 4. The molecule has 0 spiro atoms. The lowest BCUT2D eigenvalue weighted by atomic mass is 9.83. The number of phenolic OH excluding ortho intramolecular Hbond substituents is 1. The molecule has 2 radical (unpaired) electrons. The molecule has 49 heavy (non-hydrogen) atoms. The first-order chi connectivity index (χ1) is 23.6. The topological polar surface area (TPSA) is 143 Å². The summed E-state index contributed by atoms with van der Waals surface area (Å²) in [5, 5.41) is 22.1. The van der Waals surface area contributed by atoms with Gasteiger partial charge >= 0.3 is 18.1 Å². The second-order valence-electron chi connectivity index (χ2n) is 13.9. The summed E-state index contributed by atoms with van der Waals surface area (Å²) in [5.74, 6) is -0.820. The maximum Gasteiger partial charge on any atom is 0.410 e. The molecule has 12 nitrogen and oxygen atoms in total. The summed E-state index contributed by atoms with van der Waals surface area (Å²) in [7, 11) is 5.94. The molecule has 2 saturated heterocycles. The fourth-order valence-corrected chi connectivity index (χ4v) is 7.89. The van der Waals surface area contributed by atoms with E-state index in [4.69, 9.17) is 17.7 Å². The third-order valence-electron chi connectivity index (χ3n) is 10.8. The number of piperazine rings is 1. The van der Waals surface area contributed by atoms with Crippen LogP contribution in [0.4, 0.5) is 15.3 Å². The van der Waals surface area contributed by atoms with Crippen molar-refractivity contribution in [2.45, 2.75) is 76.0 Å². The number of para-hydroxylation sites is 1. The van der Waals surface area contributed by atoms with Crippen LogP contribution in [0.1, 0.15) is 56.1 Å². The van der Waals surface area contributed by atoms with Gasteiger partial charge in [0.05, 0.1) is 0 Å². The van der Waals surface area contributed by atoms with E-state index in [1.54, 1.807) is 21.9 Å². The Hall–Kier alpha value is -4.26. The Bertz CT molecular complexity index is 1520. The number of fused-ring (bicyclic) bond motifs is 1. The zero-order valence-electron chi connectivity index (χ0n) is 28.0. The molecule has 3 aliphatic heterocycles. The van der Waals surface area contributed by atoms with Crippen molar-refractivity contribution < 1.29 is 34.1 Å². The highest BCUT2D eigenvalue weighted by atomic mass is 16.6. The fraction of sp³-hybridized carbons (Fsp3) is 0.556. The minimum atomic E-state index is -1.07. The van der Waals surface area contributed by atoms with Crippen LogP contribution in [-0.2, 0) is 27.2 Å². The molecule has 1 atom stereocenters. The summed E-state index contributed by atoms with van der Waals surface area (Å²) >= 11 is 0. The van der Waals surface area contributed by atoms with E-state index < -0.39 is 18.2 Å². The first-order valence-corrected chi connectivity index (χ1v) is 17.6. The lowest BCUT2D eigenvalue weighted by Crippen LogP contribution is -2.55. The number of hydrogen-bond donors (Lipinski definition) is 3. The number of likely N-dealkylation sites (tertiary alicyclic amines) is 1. The Morgan fingerprint density at radius 2 is 1.59 bits per heavy atom. The van der Waals surface area contributed by atoms with Crippen molar-refractivity contribution in [2.24, 2.45) is 5.92 Å². The van der Waals surface area contributed by atoms with Gasteiger partial charge in [-0.25, -0.2) is 9.59 Å². The summed E-state index contributed by atoms with van der Waals surface area (Å²) in [5.41, 5.74) is 2.80. The number of aromatic hydroxyl groups is 1. The van der Waals surface area contributed by atoms with Crippen molar-refractivity contribution in [2.75, 3.05) is 51.1 Å². The van der Waals surface area contributed by atoms with Crippen LogP contribution in [0.3, 0.4) is 0 Å². The van der Waals surface area contributed by atoms with Gasteiger partial charge < -0.3 is 35.0 Å². The summed E-state index contributed by atoms with van der Waals surface area (Å²) in [6.45, 7) is 3.83. The van der Waals surface area contributed by atoms with Crippen LogP contribution in [0, 0.1) is 5.92 Å². The van der Waals surface area contributed by atoms with Gasteiger partial charge in [-0.15, -0.1) is 0 Å². The predicted molar refractivity (Wildman–Crippen MR) is 184 cm³/mol. The number of ether oxygens (including phenoxy) is 1. The summed E-state index contributed by atoms with van der Waals surface area (Å²) in [6, 6.07) is 12.8. The van der Waals surface area contributed by atoms with Crippen molar-refractivity contribution >= 4 is 43.0 Å². The van der Waals surface area contributed by atoms with Crippen molar-refractivity contribution in [3.8, 4) is 5.75 Å². The number of rotatable bonds is 8. The van der Waals surface area contributed by atoms with Gasteiger partial charge in [-0.1, -0.05) is 35.8 Å². The summed E-state index contributed by atoms with van der Waals surface area (Å²) < 4.78 is 5.97. The molecule has 3 fully saturated rings. The lowest BCUT2D eigenvalue weighted by molar-refractivity contribution is -0.143. The molecule has 13 heteroatoms. The second-order valence-corrected chi connectivity index (χ2v) is 13.9. The van der Waals surface area contributed by atoms with Crippen LogP contribution in [0.2, 0.25) is 0 Å². The normalized spacial score (nSPS) is 22.9. The number of carboxylic acid groups (broad SMARTS) is 1. The minimum absolute atomic E-state index is 0.0146. The Balaban J connectivity index is 1.05. The smallest absolute Gasteiger partial charge is 0.410 e. The SMILES string of the molecule is [B]c1cc(C[C@@H](OC(=O)N2CCC(N3CCc4ccccc4NC3=O)CC2)C(=O)N2CCN(C3CCC(CC(=O)O)CC3)CC2)ccc1O. The van der Waals surface area contributed by atoms with E-state index in [9.17, 15) is 24.3 Å². The largest absolute Gasteiger partial charge is 0.509 e. The number of nitrogens with one attached hydrogen (secondary N) is 1. The molecular formula is C36H46BN5O7. The number of urea groups is 1. The van der Waals surface area contributed by atoms with E-state index in [0.717, 1.165) is 43.4 Å². The van der Waals surface area contributed by atoms with Gasteiger partial charge in [0.15, 0.2) is 6.10 Å². The highest BCUT2D eigenvalue weighted by Crippen LogP contribution is 2.31. The second kappa shape index (κ2) is 15.5. The Labute approximate surface area is 288 Å². The van der Waals surface area contributed by atoms with E-state index >= 15 is 0 Å². The van der Waals surface area contributed by atoms with E-state index in [2.05, 4.69) is 10.2 Å². The van der Waals surface area contributed by atoms with Gasteiger partial charge in [0.2, 0.25) is 0 Å². The number of piperidine rings is 1. The van der Waals surface area contributed by atoms with Crippen molar-refractivity contribution in [1.29, 1.82) is 0 Å². The molecule has 1 saturated carbocycles. The van der Waals surface area contributed by atoms with Crippen LogP contribution in [0.25, 0.3) is 0 Å². The molecule has 0 bridgehead atoms. The maximum atomic E-state index is 13.9. The molecule has 260 valence electrons. The zero-order chi connectivity index (χ0) is 34.5. The Kier molecular flexibility index (Phi) is 11.0. The molecule has 1 aliphatic carbocycles. The average Bonchev–Trinajstić information content (AvgIpc) is 3.27. The van der Waals surface area contributed by atoms with Gasteiger partial charge in [0.1, 0.15) is 13.6 Å². The van der Waals surface area contributed by atoms with Crippen LogP contribution >= 0.6 is 0 Å². The molecule has 6 rings (SSSR count). The van der Waals surface area contributed by atoms with Crippen molar-refractivity contribution in [3.05, 3.63) is 53.6 Å². The van der Waals surface area contributed by atoms with Gasteiger partial charge in [0.25, 0.3) is 5.91 Å². The van der Waals surface area contributed by atoms with Crippen LogP contribution in [0.15, 0.2) is 42.5 Å². The number of nitrogens with zero attached hydrogens (tertiary/aromatic N) is 4. The van der Waals surface area contributed by atoms with Crippen LogP contribution < -0.4 is 10.8 Å². The highest BCUT2D eigenvalue weighted by Gasteiger charge is 2.36. The molecule has 0 aromatic heterocycles.